The third-order valence-corrected chi connectivity index (χ3v) is 10.6. The van der Waals surface area contributed by atoms with Crippen LogP contribution < -0.4 is 0 Å². The largest absolute Gasteiger partial charge is 0.0558 e. The molecule has 0 saturated heterocycles. The Morgan fingerprint density at radius 2 is 0.375 bits per heavy atom. The minimum absolute atomic E-state index is 1.00. The van der Waals surface area contributed by atoms with E-state index < -0.39 is 0 Å². The molecule has 40 heavy (non-hydrogen) atoms. The molecular weight excluding hydrogens is 480 g/mol. The molecule has 0 N–H and O–H groups in total. The summed E-state index contributed by atoms with van der Waals surface area (Å²) in [5, 5.41) is 0. The molecule has 1 aliphatic rings. The van der Waals surface area contributed by atoms with Gasteiger partial charge < -0.3 is 0 Å². The summed E-state index contributed by atoms with van der Waals surface area (Å²) in [4.78, 5) is 0. The van der Waals surface area contributed by atoms with Gasteiger partial charge in [0.15, 0.2) is 0 Å². The fraction of sp³-hybridized carbons (Fsp3) is 0.400. The Morgan fingerprint density at radius 1 is 0.250 bits per heavy atom. The lowest BCUT2D eigenvalue weighted by Gasteiger charge is -2.26. The number of benzene rings is 4. The van der Waals surface area contributed by atoms with Crippen molar-refractivity contribution in [2.24, 2.45) is 0 Å². The third kappa shape index (κ3) is 4.64. The summed E-state index contributed by atoms with van der Waals surface area (Å²) in [6, 6.07) is 9.78. The minimum atomic E-state index is 1.00. The van der Waals surface area contributed by atoms with Gasteiger partial charge in [0.05, 0.1) is 0 Å². The van der Waals surface area contributed by atoms with E-state index >= 15 is 0 Å². The highest BCUT2D eigenvalue weighted by atomic mass is 14.3. The summed E-state index contributed by atoms with van der Waals surface area (Å²) in [6.07, 6.45) is 4.02. The van der Waals surface area contributed by atoms with Crippen LogP contribution in [0.1, 0.15) is 111 Å². The molecule has 4 aromatic rings. The predicted molar refractivity (Wildman–Crippen MR) is 174 cm³/mol. The molecule has 0 heterocycles. The first kappa shape index (κ1) is 28.4. The first-order valence-electron chi connectivity index (χ1n) is 15.1. The van der Waals surface area contributed by atoms with Crippen molar-refractivity contribution in [3.05, 3.63) is 136 Å². The van der Waals surface area contributed by atoms with Gasteiger partial charge >= 0.3 is 0 Å². The number of hydrogen-bond donors (Lipinski definition) is 0. The van der Waals surface area contributed by atoms with Crippen molar-refractivity contribution in [3.63, 3.8) is 0 Å². The first-order valence-corrected chi connectivity index (χ1v) is 15.1. The van der Waals surface area contributed by atoms with Crippen LogP contribution in [0.5, 0.6) is 0 Å². The Bertz CT molecular complexity index is 1330. The van der Waals surface area contributed by atoms with Crippen molar-refractivity contribution >= 4 is 0 Å². The van der Waals surface area contributed by atoms with Crippen molar-refractivity contribution in [1.82, 2.24) is 0 Å². The van der Waals surface area contributed by atoms with E-state index in [0.717, 1.165) is 25.7 Å². The van der Waals surface area contributed by atoms with Crippen LogP contribution in [0.3, 0.4) is 0 Å². The SMILES string of the molecule is Cc1cc(C)c2c(C)c1Cc1c(C)cc(C)c(c1C)Cc1c(C)cc(C)c(c1C)Cc1c(C)cc(C)c(c1C)C2. The highest BCUT2D eigenvalue weighted by molar-refractivity contribution is 5.58. The zero-order valence-corrected chi connectivity index (χ0v) is 27.1. The molecule has 0 spiro atoms. The van der Waals surface area contributed by atoms with Crippen LogP contribution >= 0.6 is 0 Å². The number of hydrogen-bond acceptors (Lipinski definition) is 0. The molecule has 1 aliphatic carbocycles. The molecule has 4 aromatic carbocycles. The monoisotopic (exact) mass is 528 g/mol. The molecule has 0 heteroatoms. The van der Waals surface area contributed by atoms with Crippen molar-refractivity contribution in [1.29, 1.82) is 0 Å². The quantitative estimate of drug-likeness (QED) is 0.188. The minimum Gasteiger partial charge on any atom is -0.0558 e. The lowest BCUT2D eigenvalue weighted by Crippen LogP contribution is -2.12. The Balaban J connectivity index is 1.88. The normalized spacial score (nSPS) is 13.1. The third-order valence-electron chi connectivity index (χ3n) is 10.6. The maximum absolute atomic E-state index is 2.45. The second-order valence-electron chi connectivity index (χ2n) is 13.1. The van der Waals surface area contributed by atoms with E-state index in [9.17, 15) is 0 Å². The fourth-order valence-electron chi connectivity index (χ4n) is 7.97. The van der Waals surface area contributed by atoms with Gasteiger partial charge in [0.2, 0.25) is 0 Å². The molecular formula is C40H48. The molecule has 0 aromatic heterocycles. The van der Waals surface area contributed by atoms with Crippen LogP contribution in [-0.4, -0.2) is 0 Å². The van der Waals surface area contributed by atoms with Gasteiger partial charge in [-0.05, 0) is 220 Å². The maximum atomic E-state index is 2.45. The van der Waals surface area contributed by atoms with Crippen LogP contribution in [0.4, 0.5) is 0 Å². The van der Waals surface area contributed by atoms with Gasteiger partial charge in [-0.3, -0.25) is 0 Å². The highest BCUT2D eigenvalue weighted by Gasteiger charge is 2.22. The highest BCUT2D eigenvalue weighted by Crippen LogP contribution is 2.36. The number of aryl methyl sites for hydroxylation is 8. The second-order valence-corrected chi connectivity index (χ2v) is 13.1. The second kappa shape index (κ2) is 10.4. The molecule has 0 atom stereocenters. The Hall–Kier alpha value is -3.12. The summed E-state index contributed by atoms with van der Waals surface area (Å²) in [6.45, 7) is 28.1. The van der Waals surface area contributed by atoms with Crippen LogP contribution in [0, 0.1) is 83.1 Å². The molecule has 0 fully saturated rings. The average molecular weight is 529 g/mol. The zero-order chi connectivity index (χ0) is 29.2. The molecule has 5 rings (SSSR count). The molecule has 208 valence electrons. The zero-order valence-electron chi connectivity index (χ0n) is 27.1. The number of rotatable bonds is 0. The van der Waals surface area contributed by atoms with Crippen LogP contribution in [0.2, 0.25) is 0 Å². The van der Waals surface area contributed by atoms with Gasteiger partial charge in [0.25, 0.3) is 0 Å². The van der Waals surface area contributed by atoms with Crippen LogP contribution in [0.25, 0.3) is 0 Å². The van der Waals surface area contributed by atoms with Crippen LogP contribution in [-0.2, 0) is 25.7 Å². The van der Waals surface area contributed by atoms with Gasteiger partial charge in [-0.15, -0.1) is 0 Å². The summed E-state index contributed by atoms with van der Waals surface area (Å²) in [5.74, 6) is 0. The van der Waals surface area contributed by atoms with Gasteiger partial charge in [-0.2, -0.15) is 0 Å². The van der Waals surface area contributed by atoms with E-state index in [1.165, 1.54) is 111 Å². The van der Waals surface area contributed by atoms with Gasteiger partial charge in [-0.25, -0.2) is 0 Å². The van der Waals surface area contributed by atoms with Gasteiger partial charge in [0.1, 0.15) is 0 Å². The van der Waals surface area contributed by atoms with Crippen molar-refractivity contribution in [3.8, 4) is 0 Å². The summed E-state index contributed by atoms with van der Waals surface area (Å²) < 4.78 is 0. The van der Waals surface area contributed by atoms with E-state index in [2.05, 4.69) is 107 Å². The Kier molecular flexibility index (Phi) is 7.37. The number of fused-ring (bicyclic) bond motifs is 8. The first-order chi connectivity index (χ1) is 18.8. The van der Waals surface area contributed by atoms with Crippen LogP contribution in [0.15, 0.2) is 24.3 Å². The smallest absolute Gasteiger partial charge is 0.00151 e. The van der Waals surface area contributed by atoms with E-state index in [0.29, 0.717) is 0 Å². The van der Waals surface area contributed by atoms with E-state index in [-0.39, 0.29) is 0 Å². The Labute approximate surface area is 243 Å². The molecule has 0 unspecified atom stereocenters. The molecule has 0 saturated carbocycles. The van der Waals surface area contributed by atoms with Gasteiger partial charge in [0, 0.05) is 0 Å². The van der Waals surface area contributed by atoms with E-state index in [4.69, 9.17) is 0 Å². The van der Waals surface area contributed by atoms with Crippen molar-refractivity contribution in [2.75, 3.05) is 0 Å². The fourth-order valence-corrected chi connectivity index (χ4v) is 7.97. The van der Waals surface area contributed by atoms with Gasteiger partial charge in [-0.1, -0.05) is 24.3 Å². The van der Waals surface area contributed by atoms with E-state index in [1.807, 2.05) is 0 Å². The lowest BCUT2D eigenvalue weighted by atomic mass is 9.79. The maximum Gasteiger partial charge on any atom is -0.00151 e. The molecule has 0 amide bonds. The predicted octanol–water partition coefficient (Wildman–Crippen LogP) is 10.1. The molecule has 0 aliphatic heterocycles. The van der Waals surface area contributed by atoms with Crippen molar-refractivity contribution < 1.29 is 0 Å². The topological polar surface area (TPSA) is 0 Å². The Morgan fingerprint density at radius 3 is 0.500 bits per heavy atom. The lowest BCUT2D eigenvalue weighted by molar-refractivity contribution is 0.971. The molecule has 0 nitrogen and oxygen atoms in total. The molecule has 0 radical (unpaired) electrons. The van der Waals surface area contributed by atoms with E-state index in [1.54, 1.807) is 0 Å². The van der Waals surface area contributed by atoms with Crippen molar-refractivity contribution in [2.45, 2.75) is 109 Å². The molecule has 8 bridgehead atoms. The summed E-state index contributed by atoms with van der Waals surface area (Å²) in [7, 11) is 0. The summed E-state index contributed by atoms with van der Waals surface area (Å²) >= 11 is 0. The average Bonchev–Trinajstić information content (AvgIpc) is 2.85. The summed E-state index contributed by atoms with van der Waals surface area (Å²) in [5.41, 5.74) is 29.5. The standard InChI is InChI=1S/C40H48/c1-21-13-22(2)35-18-36-25(5)15-26(6)39(31(36)11)20-40-28(8)16-27(7)38(32(40)12)19-37-24(4)14-23(3)34(30(37)10)17-33(21)29(35)9/h13-16H,17-20H2,1-12H3.